The second kappa shape index (κ2) is 13.5. The van der Waals surface area contributed by atoms with E-state index in [9.17, 15) is 19.8 Å². The Morgan fingerprint density at radius 3 is 1.55 bits per heavy atom. The Morgan fingerprint density at radius 1 is 0.711 bits per heavy atom. The number of carbonyl (C=O) groups is 2. The van der Waals surface area contributed by atoms with Crippen molar-refractivity contribution in [3.8, 4) is 0 Å². The largest absolute Gasteiger partial charge is 0.481 e. The lowest BCUT2D eigenvalue weighted by Gasteiger charge is -2.44. The van der Waals surface area contributed by atoms with Gasteiger partial charge in [0.15, 0.2) is 0 Å². The number of hydrogen-bond donors (Lipinski definition) is 2. The lowest BCUT2D eigenvalue weighted by molar-refractivity contribution is -0.143. The smallest absolute Gasteiger partial charge is 0.303 e. The Morgan fingerprint density at radius 2 is 1.13 bits per heavy atom. The first-order chi connectivity index (χ1) is 18.1. The minimum absolute atomic E-state index is 0.117. The molecule has 2 atom stereocenters. The number of carboxylic acids is 2. The fourth-order valence-corrected chi connectivity index (χ4v) is 9.69. The van der Waals surface area contributed by atoms with Gasteiger partial charge in [-0.05, 0) is 32.8 Å². The summed E-state index contributed by atoms with van der Waals surface area (Å²) < 4.78 is 12.9. The van der Waals surface area contributed by atoms with Gasteiger partial charge in [-0.1, -0.05) is 112 Å². The Kier molecular flexibility index (Phi) is 10.4. The summed E-state index contributed by atoms with van der Waals surface area (Å²) in [5.41, 5.74) is 0.972. The summed E-state index contributed by atoms with van der Waals surface area (Å²) in [4.78, 5) is 23.7. The molecule has 3 rings (SSSR count). The van der Waals surface area contributed by atoms with Crippen molar-refractivity contribution in [3.63, 3.8) is 0 Å². The highest BCUT2D eigenvalue weighted by Crippen LogP contribution is 2.37. The Labute approximate surface area is 226 Å². The maximum atomic E-state index is 11.9. The van der Waals surface area contributed by atoms with Crippen molar-refractivity contribution in [2.75, 3.05) is 13.2 Å². The van der Waals surface area contributed by atoms with Gasteiger partial charge in [0.2, 0.25) is 0 Å². The first kappa shape index (κ1) is 29.3. The summed E-state index contributed by atoms with van der Waals surface area (Å²) in [7, 11) is -2.91. The van der Waals surface area contributed by atoms with Crippen LogP contribution in [0.3, 0.4) is 0 Å². The number of hydrogen-bond acceptors (Lipinski definition) is 4. The van der Waals surface area contributed by atoms with E-state index < -0.39 is 32.1 Å². The summed E-state index contributed by atoms with van der Waals surface area (Å²) in [5.74, 6) is -3.04. The van der Waals surface area contributed by atoms with E-state index in [1.54, 1.807) is 0 Å². The van der Waals surface area contributed by atoms with Gasteiger partial charge >= 0.3 is 11.9 Å². The maximum absolute atomic E-state index is 11.9. The molecule has 0 aliphatic heterocycles. The molecule has 0 unspecified atom stereocenters. The zero-order valence-corrected chi connectivity index (χ0v) is 23.4. The molecule has 0 fully saturated rings. The van der Waals surface area contributed by atoms with Crippen LogP contribution in [-0.4, -0.2) is 43.7 Å². The summed E-state index contributed by atoms with van der Waals surface area (Å²) in [6, 6.07) is 29.9. The van der Waals surface area contributed by atoms with Gasteiger partial charge in [-0.15, -0.1) is 0 Å². The third-order valence-corrected chi connectivity index (χ3v) is 11.9. The molecule has 0 heterocycles. The van der Waals surface area contributed by atoms with Crippen LogP contribution in [0.2, 0.25) is 5.04 Å². The van der Waals surface area contributed by atoms with Crippen molar-refractivity contribution in [2.45, 2.75) is 45.3 Å². The molecule has 0 aliphatic rings. The third-order valence-electron chi connectivity index (χ3n) is 6.91. The summed E-state index contributed by atoms with van der Waals surface area (Å²) in [6.07, 6.45) is -0.401. The first-order valence-corrected chi connectivity index (χ1v) is 14.8. The van der Waals surface area contributed by atoms with Crippen molar-refractivity contribution in [3.05, 3.63) is 96.6 Å². The predicted octanol–water partition coefficient (Wildman–Crippen LogP) is 4.96. The summed E-state index contributed by atoms with van der Waals surface area (Å²) in [5, 5.41) is 21.3. The van der Waals surface area contributed by atoms with Gasteiger partial charge in [0.25, 0.3) is 8.32 Å². The second-order valence-corrected chi connectivity index (χ2v) is 15.0. The molecule has 0 bridgehead atoms. The van der Waals surface area contributed by atoms with Crippen LogP contribution in [0.15, 0.2) is 91.0 Å². The predicted molar refractivity (Wildman–Crippen MR) is 151 cm³/mol. The number of aliphatic carboxylic acids is 2. The monoisotopic (exact) mass is 534 g/mol. The quantitative estimate of drug-likeness (QED) is 0.284. The van der Waals surface area contributed by atoms with Crippen LogP contribution in [0.5, 0.6) is 0 Å². The minimum Gasteiger partial charge on any atom is -0.481 e. The highest BCUT2D eigenvalue weighted by atomic mass is 28.4. The maximum Gasteiger partial charge on any atom is 0.303 e. The molecule has 0 radical (unpaired) electrons. The molecule has 3 aromatic carbocycles. The number of carboxylic acid groups (broad SMARTS) is 2. The molecule has 202 valence electrons. The van der Waals surface area contributed by atoms with E-state index in [2.05, 4.69) is 45.0 Å². The van der Waals surface area contributed by atoms with Crippen LogP contribution in [0, 0.1) is 11.8 Å². The van der Waals surface area contributed by atoms with Crippen molar-refractivity contribution in [2.24, 2.45) is 11.8 Å². The van der Waals surface area contributed by atoms with Crippen LogP contribution in [0.1, 0.15) is 39.2 Å². The van der Waals surface area contributed by atoms with Crippen LogP contribution in [0.4, 0.5) is 0 Å². The summed E-state index contributed by atoms with van der Waals surface area (Å²) in [6.45, 7) is 7.04. The van der Waals surface area contributed by atoms with E-state index in [-0.39, 0.29) is 31.1 Å². The van der Waals surface area contributed by atoms with Crippen molar-refractivity contribution in [1.82, 2.24) is 0 Å². The molecule has 2 N–H and O–H groups in total. The van der Waals surface area contributed by atoms with Crippen LogP contribution in [-0.2, 0) is 25.4 Å². The minimum atomic E-state index is -2.91. The zero-order valence-electron chi connectivity index (χ0n) is 22.4. The van der Waals surface area contributed by atoms with Gasteiger partial charge in [-0.3, -0.25) is 9.59 Å². The molecular formula is C31H38O6Si. The molecule has 6 nitrogen and oxygen atoms in total. The molecule has 0 saturated heterocycles. The SMILES string of the molecule is CC(C)(C)[Si](OC[C@@H](CC(=O)O)[C@@H](COCc1ccccc1)CC(=O)O)(c1ccccc1)c1ccccc1. The zero-order chi connectivity index (χ0) is 27.6. The van der Waals surface area contributed by atoms with E-state index in [4.69, 9.17) is 9.16 Å². The van der Waals surface area contributed by atoms with Gasteiger partial charge in [-0.2, -0.15) is 0 Å². The van der Waals surface area contributed by atoms with Gasteiger partial charge in [-0.25, -0.2) is 0 Å². The standard InChI is InChI=1S/C31H38O6Si/c1-31(2,3)38(27-15-9-5-10-16-27,28-17-11-6-12-18-28)37-23-26(20-30(34)35)25(19-29(32)33)22-36-21-24-13-7-4-8-14-24/h4-18,25-26H,19-23H2,1-3H3,(H,32,33)(H,34,35)/t25-,26-/m1/s1. The molecule has 0 saturated carbocycles. The molecule has 3 aromatic rings. The number of rotatable bonds is 14. The van der Waals surface area contributed by atoms with Gasteiger partial charge in [0.1, 0.15) is 0 Å². The van der Waals surface area contributed by atoms with Gasteiger partial charge in [0, 0.05) is 6.61 Å². The fourth-order valence-electron chi connectivity index (χ4n) is 5.07. The summed E-state index contributed by atoms with van der Waals surface area (Å²) >= 11 is 0. The van der Waals surface area contributed by atoms with Crippen molar-refractivity contribution >= 4 is 30.6 Å². The van der Waals surface area contributed by atoms with Gasteiger partial charge < -0.3 is 19.4 Å². The van der Waals surface area contributed by atoms with E-state index in [1.807, 2.05) is 66.7 Å². The van der Waals surface area contributed by atoms with E-state index in [0.717, 1.165) is 15.9 Å². The Bertz CT molecular complexity index is 1110. The molecular weight excluding hydrogens is 496 g/mol. The van der Waals surface area contributed by atoms with Crippen molar-refractivity contribution in [1.29, 1.82) is 0 Å². The topological polar surface area (TPSA) is 93.1 Å². The highest BCUT2D eigenvalue weighted by Gasteiger charge is 2.50. The Hall–Kier alpha value is -3.26. The fraction of sp³-hybridized carbons (Fsp3) is 0.355. The lowest BCUT2D eigenvalue weighted by Crippen LogP contribution is -2.67. The number of benzene rings is 3. The van der Waals surface area contributed by atoms with E-state index in [1.165, 1.54) is 0 Å². The van der Waals surface area contributed by atoms with Crippen LogP contribution < -0.4 is 10.4 Å². The number of ether oxygens (including phenoxy) is 1. The van der Waals surface area contributed by atoms with Crippen LogP contribution >= 0.6 is 0 Å². The molecule has 38 heavy (non-hydrogen) atoms. The normalized spacial score (nSPS) is 13.6. The van der Waals surface area contributed by atoms with E-state index >= 15 is 0 Å². The lowest BCUT2D eigenvalue weighted by atomic mass is 9.88. The van der Waals surface area contributed by atoms with Gasteiger partial charge in [0.05, 0.1) is 26.1 Å². The Balaban J connectivity index is 1.94. The van der Waals surface area contributed by atoms with E-state index in [0.29, 0.717) is 6.61 Å². The average molecular weight is 535 g/mol. The molecule has 0 aromatic heterocycles. The molecule has 7 heteroatoms. The highest BCUT2D eigenvalue weighted by molar-refractivity contribution is 6.99. The van der Waals surface area contributed by atoms with Crippen molar-refractivity contribution < 1.29 is 29.0 Å². The molecule has 0 amide bonds. The first-order valence-electron chi connectivity index (χ1n) is 12.9. The molecule has 0 aliphatic carbocycles. The second-order valence-electron chi connectivity index (χ2n) is 10.7. The molecule has 0 spiro atoms. The van der Waals surface area contributed by atoms with Crippen LogP contribution in [0.25, 0.3) is 0 Å². The third kappa shape index (κ3) is 7.63. The average Bonchev–Trinajstić information content (AvgIpc) is 2.88.